The van der Waals surface area contributed by atoms with Gasteiger partial charge in [-0.05, 0) is 38.2 Å². The second kappa shape index (κ2) is 7.44. The Bertz CT molecular complexity index is 246. The van der Waals surface area contributed by atoms with E-state index in [1.165, 1.54) is 6.42 Å². The van der Waals surface area contributed by atoms with Crippen molar-refractivity contribution in [1.82, 2.24) is 0 Å². The molecule has 1 aliphatic rings. The van der Waals surface area contributed by atoms with E-state index in [0.717, 1.165) is 31.4 Å². The van der Waals surface area contributed by atoms with Gasteiger partial charge in [0.1, 0.15) is 5.76 Å². The van der Waals surface area contributed by atoms with Crippen molar-refractivity contribution in [1.29, 1.82) is 0 Å². The van der Waals surface area contributed by atoms with Gasteiger partial charge in [-0.2, -0.15) is 0 Å². The Morgan fingerprint density at radius 1 is 1.44 bits per heavy atom. The number of allylic oxidation sites excluding steroid dienone is 2. The molecule has 1 aliphatic carbocycles. The molecule has 0 heterocycles. The van der Waals surface area contributed by atoms with Gasteiger partial charge >= 0.3 is 5.97 Å². The standard InChI is InChI=1S/C13H22O3/c1-3-10-15-12(4-2)13(14)16-11-8-6-5-7-9-11/h8,12H,3-7,9-10H2,1-2H3. The van der Waals surface area contributed by atoms with Gasteiger partial charge in [-0.1, -0.05) is 13.8 Å². The number of carbonyl (C=O) groups is 1. The molecule has 92 valence electrons. The van der Waals surface area contributed by atoms with E-state index in [-0.39, 0.29) is 5.97 Å². The van der Waals surface area contributed by atoms with Gasteiger partial charge < -0.3 is 9.47 Å². The van der Waals surface area contributed by atoms with Crippen LogP contribution in [0.1, 0.15) is 52.4 Å². The first kappa shape index (κ1) is 13.2. The minimum Gasteiger partial charge on any atom is -0.430 e. The molecule has 0 aromatic carbocycles. The number of hydrogen-bond donors (Lipinski definition) is 0. The Morgan fingerprint density at radius 3 is 2.81 bits per heavy atom. The van der Waals surface area contributed by atoms with Crippen LogP contribution in [0.4, 0.5) is 0 Å². The van der Waals surface area contributed by atoms with Crippen molar-refractivity contribution in [3.8, 4) is 0 Å². The van der Waals surface area contributed by atoms with Crippen molar-refractivity contribution in [2.75, 3.05) is 6.61 Å². The third-order valence-corrected chi connectivity index (χ3v) is 2.64. The predicted molar refractivity (Wildman–Crippen MR) is 63.0 cm³/mol. The van der Waals surface area contributed by atoms with Gasteiger partial charge in [0.25, 0.3) is 0 Å². The maximum absolute atomic E-state index is 11.8. The fourth-order valence-corrected chi connectivity index (χ4v) is 1.71. The Morgan fingerprint density at radius 2 is 2.25 bits per heavy atom. The van der Waals surface area contributed by atoms with Crippen molar-refractivity contribution in [2.45, 2.75) is 58.5 Å². The first-order chi connectivity index (χ1) is 7.77. The molecule has 0 N–H and O–H groups in total. The third-order valence-electron chi connectivity index (χ3n) is 2.64. The first-order valence-corrected chi connectivity index (χ1v) is 6.30. The Labute approximate surface area is 97.8 Å². The Kier molecular flexibility index (Phi) is 6.16. The van der Waals surface area contributed by atoms with Gasteiger partial charge in [-0.15, -0.1) is 0 Å². The molecule has 16 heavy (non-hydrogen) atoms. The lowest BCUT2D eigenvalue weighted by Crippen LogP contribution is -2.26. The molecule has 1 rings (SSSR count). The highest BCUT2D eigenvalue weighted by molar-refractivity contribution is 5.75. The van der Waals surface area contributed by atoms with Crippen LogP contribution < -0.4 is 0 Å². The number of esters is 1. The fourth-order valence-electron chi connectivity index (χ4n) is 1.71. The molecule has 0 aromatic heterocycles. The zero-order valence-electron chi connectivity index (χ0n) is 10.3. The fraction of sp³-hybridized carbons (Fsp3) is 0.769. The summed E-state index contributed by atoms with van der Waals surface area (Å²) in [6, 6.07) is 0. The summed E-state index contributed by atoms with van der Waals surface area (Å²) in [6.07, 6.45) is 7.44. The van der Waals surface area contributed by atoms with Crippen molar-refractivity contribution < 1.29 is 14.3 Å². The number of rotatable bonds is 6. The number of carbonyl (C=O) groups excluding carboxylic acids is 1. The van der Waals surface area contributed by atoms with Crippen LogP contribution in [0.25, 0.3) is 0 Å². The molecule has 0 amide bonds. The molecular weight excluding hydrogens is 204 g/mol. The molecule has 0 spiro atoms. The smallest absolute Gasteiger partial charge is 0.340 e. The monoisotopic (exact) mass is 226 g/mol. The Hall–Kier alpha value is -0.830. The van der Waals surface area contributed by atoms with Crippen LogP contribution in [0, 0.1) is 0 Å². The molecular formula is C13H22O3. The van der Waals surface area contributed by atoms with Crippen LogP contribution in [0.15, 0.2) is 11.8 Å². The van der Waals surface area contributed by atoms with Gasteiger partial charge in [-0.25, -0.2) is 4.79 Å². The van der Waals surface area contributed by atoms with E-state index >= 15 is 0 Å². The minimum atomic E-state index is -0.400. The lowest BCUT2D eigenvalue weighted by molar-refractivity contribution is -0.153. The van der Waals surface area contributed by atoms with Crippen LogP contribution in [0.3, 0.4) is 0 Å². The highest BCUT2D eigenvalue weighted by Crippen LogP contribution is 2.19. The van der Waals surface area contributed by atoms with E-state index in [9.17, 15) is 4.79 Å². The molecule has 0 fully saturated rings. The SMILES string of the molecule is CCCOC(CC)C(=O)OC1=CCCCC1. The molecule has 1 unspecified atom stereocenters. The van der Waals surface area contributed by atoms with E-state index in [1.54, 1.807) is 0 Å². The van der Waals surface area contributed by atoms with E-state index in [4.69, 9.17) is 9.47 Å². The average molecular weight is 226 g/mol. The zero-order valence-corrected chi connectivity index (χ0v) is 10.3. The summed E-state index contributed by atoms with van der Waals surface area (Å²) < 4.78 is 10.8. The van der Waals surface area contributed by atoms with Crippen molar-refractivity contribution in [2.24, 2.45) is 0 Å². The second-order valence-corrected chi connectivity index (χ2v) is 4.10. The van der Waals surface area contributed by atoms with Gasteiger partial charge in [-0.3, -0.25) is 0 Å². The predicted octanol–water partition coefficient (Wildman–Crippen LogP) is 3.19. The zero-order chi connectivity index (χ0) is 11.8. The molecule has 0 aromatic rings. The van der Waals surface area contributed by atoms with Crippen LogP contribution in [-0.2, 0) is 14.3 Å². The second-order valence-electron chi connectivity index (χ2n) is 4.10. The topological polar surface area (TPSA) is 35.5 Å². The van der Waals surface area contributed by atoms with Gasteiger partial charge in [0, 0.05) is 13.0 Å². The molecule has 0 saturated heterocycles. The molecule has 0 aliphatic heterocycles. The van der Waals surface area contributed by atoms with Crippen LogP contribution in [0.5, 0.6) is 0 Å². The maximum Gasteiger partial charge on any atom is 0.340 e. The molecule has 3 heteroatoms. The van der Waals surface area contributed by atoms with E-state index < -0.39 is 6.10 Å². The van der Waals surface area contributed by atoms with Gasteiger partial charge in [0.15, 0.2) is 6.10 Å². The normalized spacial score (nSPS) is 17.8. The summed E-state index contributed by atoms with van der Waals surface area (Å²) in [6.45, 7) is 4.59. The summed E-state index contributed by atoms with van der Waals surface area (Å²) >= 11 is 0. The van der Waals surface area contributed by atoms with Crippen molar-refractivity contribution >= 4 is 5.97 Å². The molecule has 0 saturated carbocycles. The minimum absolute atomic E-state index is 0.232. The van der Waals surface area contributed by atoms with E-state index in [0.29, 0.717) is 13.0 Å². The lowest BCUT2D eigenvalue weighted by Gasteiger charge is -2.17. The number of ether oxygens (including phenoxy) is 2. The van der Waals surface area contributed by atoms with Crippen LogP contribution >= 0.6 is 0 Å². The molecule has 0 bridgehead atoms. The van der Waals surface area contributed by atoms with E-state index in [1.807, 2.05) is 19.9 Å². The highest BCUT2D eigenvalue weighted by Gasteiger charge is 2.20. The summed E-state index contributed by atoms with van der Waals surface area (Å²) in [7, 11) is 0. The van der Waals surface area contributed by atoms with Crippen LogP contribution in [0.2, 0.25) is 0 Å². The summed E-state index contributed by atoms with van der Waals surface area (Å²) in [5.41, 5.74) is 0. The molecule has 0 radical (unpaired) electrons. The third kappa shape index (κ3) is 4.35. The largest absolute Gasteiger partial charge is 0.430 e. The van der Waals surface area contributed by atoms with Gasteiger partial charge in [0.2, 0.25) is 0 Å². The lowest BCUT2D eigenvalue weighted by atomic mass is 10.1. The highest BCUT2D eigenvalue weighted by atomic mass is 16.6. The number of hydrogen-bond acceptors (Lipinski definition) is 3. The van der Waals surface area contributed by atoms with Crippen molar-refractivity contribution in [3.05, 3.63) is 11.8 Å². The molecule has 3 nitrogen and oxygen atoms in total. The summed E-state index contributed by atoms with van der Waals surface area (Å²) in [4.78, 5) is 11.8. The average Bonchev–Trinajstić information content (AvgIpc) is 2.31. The summed E-state index contributed by atoms with van der Waals surface area (Å²) in [5.74, 6) is 0.596. The maximum atomic E-state index is 11.8. The summed E-state index contributed by atoms with van der Waals surface area (Å²) in [5, 5.41) is 0. The van der Waals surface area contributed by atoms with Crippen molar-refractivity contribution in [3.63, 3.8) is 0 Å². The van der Waals surface area contributed by atoms with E-state index in [2.05, 4.69) is 0 Å². The Balaban J connectivity index is 2.38. The quantitative estimate of drug-likeness (QED) is 0.652. The van der Waals surface area contributed by atoms with Crippen LogP contribution in [-0.4, -0.2) is 18.7 Å². The first-order valence-electron chi connectivity index (χ1n) is 6.30. The van der Waals surface area contributed by atoms with Gasteiger partial charge in [0.05, 0.1) is 0 Å². The molecule has 1 atom stereocenters.